The van der Waals surface area contributed by atoms with Crippen LogP contribution in [0.25, 0.3) is 0 Å². The fourth-order valence-corrected chi connectivity index (χ4v) is 27.1. The second-order valence-electron chi connectivity index (χ2n) is 37.3. The minimum absolute atomic E-state index is 0.108. The molecule has 15 rings (SSSR count). The van der Waals surface area contributed by atoms with Crippen LogP contribution in [0.2, 0.25) is 0 Å². The molecule has 8 nitrogen and oxygen atoms in total. The minimum Gasteiger partial charge on any atom is -0.427 e. The lowest BCUT2D eigenvalue weighted by Gasteiger charge is -2.22. The minimum atomic E-state index is -0.489. The zero-order valence-corrected chi connectivity index (χ0v) is 90.5. The lowest BCUT2D eigenvalue weighted by molar-refractivity contribution is -0.137. The van der Waals surface area contributed by atoms with E-state index in [4.69, 9.17) is 18.9 Å². The summed E-state index contributed by atoms with van der Waals surface area (Å²) in [6.07, 6.45) is 20.6. The van der Waals surface area contributed by atoms with Gasteiger partial charge in [0.2, 0.25) is 0 Å². The molecule has 0 aliphatic heterocycles. The van der Waals surface area contributed by atoms with Crippen molar-refractivity contribution in [2.45, 2.75) is 283 Å². The number of benzene rings is 12. The molecule has 3 aliphatic carbocycles. The first kappa shape index (κ1) is 105. The van der Waals surface area contributed by atoms with Crippen LogP contribution in [-0.2, 0) is 73.6 Å². The Morgan fingerprint density at radius 1 is 0.328 bits per heavy atom. The van der Waals surface area contributed by atoms with Gasteiger partial charge in [0.1, 0.15) is 27.8 Å². The van der Waals surface area contributed by atoms with E-state index in [-0.39, 0.29) is 87.5 Å². The smallest absolute Gasteiger partial charge is 0.350 e. The van der Waals surface area contributed by atoms with Crippen molar-refractivity contribution in [2.75, 3.05) is 16.0 Å². The van der Waals surface area contributed by atoms with Crippen LogP contribution in [0.15, 0.2) is 367 Å². The summed E-state index contributed by atoms with van der Waals surface area (Å²) in [4.78, 5) is 62.8. The van der Waals surface area contributed by atoms with Gasteiger partial charge in [-0.3, -0.25) is 14.4 Å². The molecular weight excluding hydrogens is 2060 g/mol. The maximum atomic E-state index is 12.3. The summed E-state index contributed by atoms with van der Waals surface area (Å²) in [7, 11) is -0.949. The van der Waals surface area contributed by atoms with E-state index in [0.717, 1.165) is 0 Å². The second-order valence-corrected chi connectivity index (χ2v) is 49.8. The number of ether oxygens (including phenoxy) is 4. The number of alkyl halides is 4. The number of carbonyl (C=O) groups excluding carboxylic acids is 4. The van der Waals surface area contributed by atoms with Gasteiger partial charge in [0.05, 0.1) is 60.4 Å². The van der Waals surface area contributed by atoms with Crippen molar-refractivity contribution in [1.82, 2.24) is 0 Å². The van der Waals surface area contributed by atoms with Crippen LogP contribution in [0.4, 0.5) is 0 Å². The SMILES string of the molecule is C=C(Br)C(=O)Oc1ccc([S+](c2ccc(C(C)(C)C)cc2)c2ccc(C(C)(C)C)cc2)cc1.CC(Br)C(=O)Oc1ccc([S+](c2ccc(C(C)C)cc2)c2ccc(C(C)C)cc2)cc1.O=C(CCBr)Oc1ccc([S+](c2ccc(C3CCCCC3)cc2)c2ccc(C3CCCCC3)cc2)cc1.O=C(Oc1ccc([S+](c2ccccc2)c2ccc(C3CCCCC3)cc2)cc1)C(CBr)CBr. The zero-order valence-electron chi connectivity index (χ0n) is 79.3. The van der Waals surface area contributed by atoms with Gasteiger partial charge in [-0.15, -0.1) is 0 Å². The fourth-order valence-electron chi connectivity index (χ4n) is 16.8. The highest BCUT2D eigenvalue weighted by molar-refractivity contribution is 9.12. The van der Waals surface area contributed by atoms with Gasteiger partial charge >= 0.3 is 23.9 Å². The largest absolute Gasteiger partial charge is 0.427 e. The van der Waals surface area contributed by atoms with Crippen LogP contribution < -0.4 is 18.9 Å². The molecule has 3 fully saturated rings. The number of hydrogen-bond acceptors (Lipinski definition) is 8. The van der Waals surface area contributed by atoms with Crippen LogP contribution in [0.3, 0.4) is 0 Å². The van der Waals surface area contributed by atoms with E-state index in [1.54, 1.807) is 6.92 Å². The summed E-state index contributed by atoms with van der Waals surface area (Å²) in [6.45, 7) is 27.6. The molecule has 0 bridgehead atoms. The molecule has 0 amide bonds. The van der Waals surface area contributed by atoms with E-state index in [1.807, 2.05) is 60.7 Å². The van der Waals surface area contributed by atoms with Gasteiger partial charge in [-0.2, -0.15) is 0 Å². The Hall–Kier alpha value is -7.94. The highest BCUT2D eigenvalue weighted by Crippen LogP contribution is 2.43. The molecule has 0 saturated heterocycles. The number of hydrogen-bond donors (Lipinski definition) is 0. The standard InChI is InChI=1S/C33H38BrO2S.C29H32BrO2S.C28H29Br2O2S.C27H30BrO2S/c34-24-23-33(35)36-29-15-21-32(22-16-29)37(30-17-11-27(12-18-30)25-7-3-1-4-8-25)31-19-13-28(14-20-31)26-9-5-2-6-10-26;1-20(30)27(31)32-23-12-18-26(19-13-23)33(24-14-8-21(9-15-24)28(2,3)4)25-16-10-22(11-17-25)29(5,6)7;29-19-23(20-30)28(31)32-24-13-17-27(18-14-24)33(25-9-5-2-6-10-25)26-15-11-22(12-16-26)21-7-3-1-4-8-21;1-18(2)21-6-12-24(13-7-21)31(25-14-8-22(9-15-25)19(3)4)26-16-10-23(11-17-26)30-27(29)20(5)28/h11-22,25-26H,1-10,23-24H2;8-19H,1H2,2-7H3;2,5-6,9-18,21,23H,1,3-4,7-8,19-20H2;6-20H,1-5H3/q4*+1. The molecule has 2 unspecified atom stereocenters. The third-order valence-corrected chi connectivity index (χ3v) is 36.3. The third kappa shape index (κ3) is 30.3. The molecule has 700 valence electrons. The van der Waals surface area contributed by atoms with E-state index in [0.29, 0.717) is 75.0 Å². The molecule has 12 aromatic carbocycles. The molecule has 3 aliphatic rings. The average Bonchev–Trinajstić information content (AvgIpc) is 0.794. The van der Waals surface area contributed by atoms with Crippen molar-refractivity contribution >= 4 is 147 Å². The Balaban J connectivity index is 0.000000161. The average molecular weight is 2190 g/mol. The van der Waals surface area contributed by atoms with E-state index in [9.17, 15) is 19.2 Å². The molecule has 0 aromatic heterocycles. The van der Waals surface area contributed by atoms with E-state index in [1.165, 1.54) is 194 Å². The number of halogens is 5. The highest BCUT2D eigenvalue weighted by atomic mass is 79.9. The normalized spacial score (nSPS) is 14.3. The Kier molecular flexibility index (Phi) is 40.4. The second kappa shape index (κ2) is 51.6. The highest BCUT2D eigenvalue weighted by Gasteiger charge is 2.36. The van der Waals surface area contributed by atoms with Crippen LogP contribution in [0, 0.1) is 5.92 Å². The van der Waals surface area contributed by atoms with Gasteiger partial charge in [0.15, 0.2) is 58.7 Å². The molecule has 134 heavy (non-hydrogen) atoms. The van der Waals surface area contributed by atoms with Gasteiger partial charge in [-0.1, -0.05) is 300 Å². The lowest BCUT2D eigenvalue weighted by atomic mass is 9.84. The van der Waals surface area contributed by atoms with Crippen molar-refractivity contribution in [2.24, 2.45) is 5.92 Å². The molecular formula is C117H129Br5O8S4+4. The van der Waals surface area contributed by atoms with Crippen LogP contribution >= 0.6 is 79.6 Å². The first-order valence-corrected chi connectivity index (χ1v) is 57.2. The number of carbonyl (C=O) groups is 4. The molecule has 0 spiro atoms. The van der Waals surface area contributed by atoms with Crippen molar-refractivity contribution < 1.29 is 38.1 Å². The van der Waals surface area contributed by atoms with Crippen LogP contribution in [0.5, 0.6) is 23.0 Å². The van der Waals surface area contributed by atoms with E-state index >= 15 is 0 Å². The maximum absolute atomic E-state index is 12.3. The van der Waals surface area contributed by atoms with Gasteiger partial charge in [-0.05, 0) is 335 Å². The summed E-state index contributed by atoms with van der Waals surface area (Å²) >= 11 is 16.4. The first-order valence-electron chi connectivity index (χ1n) is 47.2. The molecule has 0 radical (unpaired) electrons. The maximum Gasteiger partial charge on any atom is 0.350 e. The Labute approximate surface area is 852 Å². The topological polar surface area (TPSA) is 105 Å². The van der Waals surface area contributed by atoms with E-state index in [2.05, 4.69) is 392 Å². The Morgan fingerprint density at radius 3 is 0.828 bits per heavy atom. The predicted molar refractivity (Wildman–Crippen MR) is 577 cm³/mol. The predicted octanol–water partition coefficient (Wildman–Crippen LogP) is 33.6. The van der Waals surface area contributed by atoms with Gasteiger partial charge in [0, 0.05) is 16.0 Å². The lowest BCUT2D eigenvalue weighted by Crippen LogP contribution is -2.23. The molecule has 2 atom stereocenters. The van der Waals surface area contributed by atoms with Crippen molar-refractivity contribution in [3.05, 3.63) is 347 Å². The third-order valence-electron chi connectivity index (χ3n) is 24.7. The quantitative estimate of drug-likeness (QED) is 0.0157. The monoisotopic (exact) mass is 2180 g/mol. The molecule has 0 N–H and O–H groups in total. The molecule has 12 aromatic rings. The van der Waals surface area contributed by atoms with Gasteiger partial charge in [-0.25, -0.2) is 4.79 Å². The van der Waals surface area contributed by atoms with Crippen LogP contribution in [-0.4, -0.2) is 44.7 Å². The van der Waals surface area contributed by atoms with Crippen molar-refractivity contribution in [3.8, 4) is 23.0 Å². The summed E-state index contributed by atoms with van der Waals surface area (Å²) in [5, 5.41) is 1.76. The first-order chi connectivity index (χ1) is 64.5. The van der Waals surface area contributed by atoms with Crippen molar-refractivity contribution in [3.63, 3.8) is 0 Å². The molecule has 0 heterocycles. The summed E-state index contributed by atoms with van der Waals surface area (Å²) in [5.74, 6) is 4.00. The van der Waals surface area contributed by atoms with Gasteiger partial charge in [0.25, 0.3) is 0 Å². The van der Waals surface area contributed by atoms with E-state index < -0.39 is 5.97 Å². The summed E-state index contributed by atoms with van der Waals surface area (Å²) in [6, 6.07) is 106. The fraction of sp³-hybridized carbons (Fsp3) is 0.333. The Morgan fingerprint density at radius 2 is 0.575 bits per heavy atom. The molecule has 17 heteroatoms. The zero-order chi connectivity index (χ0) is 95.4. The number of rotatable bonds is 28. The van der Waals surface area contributed by atoms with Crippen molar-refractivity contribution in [1.29, 1.82) is 0 Å². The van der Waals surface area contributed by atoms with Gasteiger partial charge < -0.3 is 18.9 Å². The number of esters is 4. The van der Waals surface area contributed by atoms with Crippen LogP contribution in [0.1, 0.15) is 247 Å². The molecule has 3 saturated carbocycles. The summed E-state index contributed by atoms with van der Waals surface area (Å²) < 4.78 is 22.1. The summed E-state index contributed by atoms with van der Waals surface area (Å²) in [5.41, 5.74) is 9.99. The Bertz CT molecular complexity index is 5500.